The summed E-state index contributed by atoms with van der Waals surface area (Å²) in [5, 5.41) is 10.1. The van der Waals surface area contributed by atoms with Crippen LogP contribution in [0.5, 0.6) is 0 Å². The van der Waals surface area contributed by atoms with Crippen molar-refractivity contribution in [2.24, 2.45) is 0 Å². The number of nitrogens with one attached hydrogen (secondary N) is 2. The highest BCUT2D eigenvalue weighted by atomic mass is 16.1. The van der Waals surface area contributed by atoms with Gasteiger partial charge in [0.05, 0.1) is 0 Å². The van der Waals surface area contributed by atoms with Crippen molar-refractivity contribution in [3.63, 3.8) is 0 Å². The molecule has 2 aromatic heterocycles. The van der Waals surface area contributed by atoms with Crippen molar-refractivity contribution in [1.82, 2.24) is 15.2 Å². The molecule has 0 radical (unpaired) electrons. The quantitative estimate of drug-likeness (QED) is 0.766. The van der Waals surface area contributed by atoms with Crippen molar-refractivity contribution >= 4 is 11.6 Å². The number of carbonyl (C=O) groups excluding carboxylic acids is 1. The van der Waals surface area contributed by atoms with Crippen LogP contribution >= 0.6 is 0 Å². The van der Waals surface area contributed by atoms with Gasteiger partial charge in [0.1, 0.15) is 0 Å². The number of hydrogen-bond acceptors (Lipinski definition) is 3. The maximum absolute atomic E-state index is 12.5. The molecule has 1 saturated carbocycles. The van der Waals surface area contributed by atoms with E-state index in [1.807, 2.05) is 43.3 Å². The summed E-state index contributed by atoms with van der Waals surface area (Å²) in [6.07, 6.45) is 5.87. The van der Waals surface area contributed by atoms with Crippen LogP contribution < -0.4 is 5.32 Å². The smallest absolute Gasteiger partial charge is 0.276 e. The number of nitrogens with zero attached hydrogens (tertiary/aromatic N) is 2. The minimum atomic E-state index is -0.187. The normalized spacial score (nSPS) is 13.7. The Labute approximate surface area is 140 Å². The lowest BCUT2D eigenvalue weighted by molar-refractivity contribution is 0.102. The van der Waals surface area contributed by atoms with Crippen LogP contribution in [-0.4, -0.2) is 21.1 Å². The average molecular weight is 318 g/mol. The summed E-state index contributed by atoms with van der Waals surface area (Å²) in [6, 6.07) is 11.8. The summed E-state index contributed by atoms with van der Waals surface area (Å²) in [4.78, 5) is 16.5. The molecule has 0 atom stereocenters. The molecule has 0 spiro atoms. The summed E-state index contributed by atoms with van der Waals surface area (Å²) >= 11 is 0. The van der Waals surface area contributed by atoms with Crippen LogP contribution in [0.2, 0.25) is 0 Å². The summed E-state index contributed by atoms with van der Waals surface area (Å²) in [5.41, 5.74) is 5.41. The van der Waals surface area contributed by atoms with Crippen molar-refractivity contribution in [2.45, 2.75) is 25.7 Å². The van der Waals surface area contributed by atoms with Crippen molar-refractivity contribution in [1.29, 1.82) is 0 Å². The predicted molar refractivity (Wildman–Crippen MR) is 92.9 cm³/mol. The second-order valence-corrected chi connectivity index (χ2v) is 6.20. The van der Waals surface area contributed by atoms with E-state index < -0.39 is 0 Å². The van der Waals surface area contributed by atoms with Gasteiger partial charge in [0.15, 0.2) is 5.69 Å². The maximum Gasteiger partial charge on any atom is 0.276 e. The van der Waals surface area contributed by atoms with Crippen LogP contribution in [-0.2, 0) is 0 Å². The molecule has 3 aromatic rings. The van der Waals surface area contributed by atoms with Gasteiger partial charge in [-0.3, -0.25) is 14.9 Å². The van der Waals surface area contributed by atoms with Gasteiger partial charge in [-0.1, -0.05) is 12.1 Å². The Morgan fingerprint density at radius 3 is 2.67 bits per heavy atom. The first-order valence-electron chi connectivity index (χ1n) is 8.08. The van der Waals surface area contributed by atoms with Crippen molar-refractivity contribution in [3.8, 4) is 11.1 Å². The zero-order chi connectivity index (χ0) is 16.5. The highest BCUT2D eigenvalue weighted by Gasteiger charge is 2.26. The lowest BCUT2D eigenvalue weighted by atomic mass is 10.0. The van der Waals surface area contributed by atoms with Gasteiger partial charge in [0, 0.05) is 29.7 Å². The van der Waals surface area contributed by atoms with Crippen LogP contribution in [0.15, 0.2) is 48.8 Å². The lowest BCUT2D eigenvalue weighted by Crippen LogP contribution is -2.13. The zero-order valence-corrected chi connectivity index (χ0v) is 13.4. The Morgan fingerprint density at radius 1 is 1.12 bits per heavy atom. The van der Waals surface area contributed by atoms with Gasteiger partial charge in [-0.15, -0.1) is 0 Å². The molecule has 0 aliphatic heterocycles. The number of benzene rings is 1. The fraction of sp³-hybridized carbons (Fsp3) is 0.211. The highest BCUT2D eigenvalue weighted by Crippen LogP contribution is 2.39. The molecule has 0 unspecified atom stereocenters. The number of H-pyrrole nitrogens is 1. The molecule has 1 fully saturated rings. The summed E-state index contributed by atoms with van der Waals surface area (Å²) in [5.74, 6) is 0.365. The van der Waals surface area contributed by atoms with Crippen molar-refractivity contribution < 1.29 is 4.79 Å². The van der Waals surface area contributed by atoms with E-state index in [9.17, 15) is 4.79 Å². The van der Waals surface area contributed by atoms with Crippen LogP contribution in [0.4, 0.5) is 5.69 Å². The topological polar surface area (TPSA) is 70.7 Å². The molecule has 120 valence electrons. The van der Waals surface area contributed by atoms with Gasteiger partial charge in [0.25, 0.3) is 5.91 Å². The average Bonchev–Trinajstić information content (AvgIpc) is 3.34. The molecule has 2 N–H and O–H groups in total. The third kappa shape index (κ3) is 2.93. The number of hydrogen-bond donors (Lipinski definition) is 2. The number of amides is 1. The van der Waals surface area contributed by atoms with Gasteiger partial charge < -0.3 is 5.32 Å². The number of aromatic amines is 1. The highest BCUT2D eigenvalue weighted by molar-refractivity contribution is 6.03. The minimum Gasteiger partial charge on any atom is -0.320 e. The van der Waals surface area contributed by atoms with Crippen molar-refractivity contribution in [2.75, 3.05) is 5.32 Å². The second kappa shape index (κ2) is 5.92. The number of anilines is 1. The Morgan fingerprint density at radius 2 is 1.92 bits per heavy atom. The molecule has 24 heavy (non-hydrogen) atoms. The van der Waals surface area contributed by atoms with E-state index in [2.05, 4.69) is 20.5 Å². The van der Waals surface area contributed by atoms with Gasteiger partial charge in [-0.2, -0.15) is 5.10 Å². The van der Waals surface area contributed by atoms with Gasteiger partial charge in [0.2, 0.25) is 0 Å². The Bertz CT molecular complexity index is 881. The monoisotopic (exact) mass is 318 g/mol. The Hall–Kier alpha value is -2.95. The molecule has 4 rings (SSSR count). The molecular weight excluding hydrogens is 300 g/mol. The molecule has 0 saturated heterocycles. The lowest BCUT2D eigenvalue weighted by Gasteiger charge is -2.10. The standard InChI is InChI=1S/C19H18N4O/c1-12-2-3-15(13-6-8-20-9-7-13)10-16(12)21-19(24)18-11-17(22-23-18)14-4-5-14/h2-3,6-11,14H,4-5H2,1H3,(H,21,24)(H,22,23). The Kier molecular flexibility index (Phi) is 3.61. The molecule has 1 aliphatic rings. The molecule has 1 aromatic carbocycles. The molecule has 1 aliphatic carbocycles. The predicted octanol–water partition coefficient (Wildman–Crippen LogP) is 3.91. The van der Waals surface area contributed by atoms with Crippen LogP contribution in [0.1, 0.15) is 40.5 Å². The molecule has 1 amide bonds. The van der Waals surface area contributed by atoms with E-state index in [-0.39, 0.29) is 5.91 Å². The summed E-state index contributed by atoms with van der Waals surface area (Å²) in [7, 11) is 0. The van der Waals surface area contributed by atoms with E-state index in [4.69, 9.17) is 0 Å². The van der Waals surface area contributed by atoms with E-state index in [1.165, 1.54) is 12.8 Å². The van der Waals surface area contributed by atoms with E-state index in [1.54, 1.807) is 12.4 Å². The Balaban J connectivity index is 1.57. The third-order valence-electron chi connectivity index (χ3n) is 4.35. The fourth-order valence-electron chi connectivity index (χ4n) is 2.72. The molecule has 5 nitrogen and oxygen atoms in total. The SMILES string of the molecule is Cc1ccc(-c2ccncc2)cc1NC(=O)c1cc(C2CC2)[nH]n1. The second-order valence-electron chi connectivity index (χ2n) is 6.20. The van der Waals surface area contributed by atoms with E-state index >= 15 is 0 Å². The largest absolute Gasteiger partial charge is 0.320 e. The van der Waals surface area contributed by atoms with E-state index in [0.717, 1.165) is 28.1 Å². The van der Waals surface area contributed by atoms with Gasteiger partial charge in [-0.25, -0.2) is 0 Å². The van der Waals surface area contributed by atoms with Crippen LogP contribution in [0.3, 0.4) is 0 Å². The van der Waals surface area contributed by atoms with Gasteiger partial charge in [-0.05, 0) is 60.7 Å². The molecule has 0 bridgehead atoms. The zero-order valence-electron chi connectivity index (χ0n) is 13.4. The molecular formula is C19H18N4O. The summed E-state index contributed by atoms with van der Waals surface area (Å²) < 4.78 is 0. The first kappa shape index (κ1) is 14.6. The van der Waals surface area contributed by atoms with Crippen LogP contribution in [0.25, 0.3) is 11.1 Å². The van der Waals surface area contributed by atoms with Gasteiger partial charge >= 0.3 is 0 Å². The first-order chi connectivity index (χ1) is 11.7. The number of aryl methyl sites for hydroxylation is 1. The number of aromatic nitrogens is 3. The van der Waals surface area contributed by atoms with Crippen molar-refractivity contribution in [3.05, 3.63) is 65.7 Å². The number of rotatable bonds is 4. The maximum atomic E-state index is 12.5. The molecule has 2 heterocycles. The molecule has 5 heteroatoms. The van der Waals surface area contributed by atoms with Crippen LogP contribution in [0, 0.1) is 6.92 Å². The summed E-state index contributed by atoms with van der Waals surface area (Å²) in [6.45, 7) is 1.98. The number of pyridine rings is 1. The van der Waals surface area contributed by atoms with E-state index in [0.29, 0.717) is 11.6 Å². The fourth-order valence-corrected chi connectivity index (χ4v) is 2.72. The number of carbonyl (C=O) groups is 1. The minimum absolute atomic E-state index is 0.187. The third-order valence-corrected chi connectivity index (χ3v) is 4.35. The first-order valence-corrected chi connectivity index (χ1v) is 8.08.